The molecule has 0 fully saturated rings. The summed E-state index contributed by atoms with van der Waals surface area (Å²) in [4.78, 5) is 31.0. The van der Waals surface area contributed by atoms with Gasteiger partial charge in [-0.05, 0) is 41.9 Å². The lowest BCUT2D eigenvalue weighted by molar-refractivity contribution is 0.102. The van der Waals surface area contributed by atoms with E-state index in [0.717, 1.165) is 0 Å². The van der Waals surface area contributed by atoms with Crippen LogP contribution in [0.1, 0.15) is 21.7 Å². The third-order valence-electron chi connectivity index (χ3n) is 3.25. The first kappa shape index (κ1) is 16.1. The van der Waals surface area contributed by atoms with E-state index in [9.17, 15) is 9.59 Å². The predicted molar refractivity (Wildman–Crippen MR) is 93.5 cm³/mol. The second kappa shape index (κ2) is 6.40. The SMILES string of the molecule is Cc1cc(=O)[nH]c(-n2nc(C)cc2NC(=O)c2ccccc2Br)n1. The van der Waals surface area contributed by atoms with E-state index in [0.29, 0.717) is 27.2 Å². The van der Waals surface area contributed by atoms with Gasteiger partial charge in [0.15, 0.2) is 0 Å². The normalized spacial score (nSPS) is 10.6. The zero-order chi connectivity index (χ0) is 17.3. The number of aromatic nitrogens is 4. The van der Waals surface area contributed by atoms with Crippen LogP contribution in [0.25, 0.3) is 5.95 Å². The number of carbonyl (C=O) groups is 1. The molecule has 0 spiro atoms. The minimum Gasteiger partial charge on any atom is -0.306 e. The lowest BCUT2D eigenvalue weighted by atomic mass is 10.2. The lowest BCUT2D eigenvalue weighted by Gasteiger charge is -2.09. The summed E-state index contributed by atoms with van der Waals surface area (Å²) in [7, 11) is 0. The maximum absolute atomic E-state index is 12.5. The van der Waals surface area contributed by atoms with Crippen molar-refractivity contribution >= 4 is 27.7 Å². The van der Waals surface area contributed by atoms with Gasteiger partial charge in [0.1, 0.15) is 5.82 Å². The summed E-state index contributed by atoms with van der Waals surface area (Å²) in [6, 6.07) is 10.2. The van der Waals surface area contributed by atoms with Crippen molar-refractivity contribution in [2.24, 2.45) is 0 Å². The second-order valence-corrected chi connectivity index (χ2v) is 6.08. The van der Waals surface area contributed by atoms with E-state index in [4.69, 9.17) is 0 Å². The first-order valence-corrected chi connectivity index (χ1v) is 7.94. The highest BCUT2D eigenvalue weighted by Crippen LogP contribution is 2.19. The number of carbonyl (C=O) groups excluding carboxylic acids is 1. The van der Waals surface area contributed by atoms with Crippen LogP contribution in [-0.2, 0) is 0 Å². The number of H-pyrrole nitrogens is 1. The Morgan fingerprint density at radius 2 is 1.96 bits per heavy atom. The molecule has 0 unspecified atom stereocenters. The summed E-state index contributed by atoms with van der Waals surface area (Å²) in [5.74, 6) is 0.371. The van der Waals surface area contributed by atoms with Crippen LogP contribution in [0.4, 0.5) is 5.82 Å². The van der Waals surface area contributed by atoms with Gasteiger partial charge in [-0.2, -0.15) is 9.78 Å². The third-order valence-corrected chi connectivity index (χ3v) is 3.94. The second-order valence-electron chi connectivity index (χ2n) is 5.23. The monoisotopic (exact) mass is 387 g/mol. The number of aromatic amines is 1. The molecule has 8 heteroatoms. The molecule has 0 atom stereocenters. The zero-order valence-electron chi connectivity index (χ0n) is 13.0. The molecule has 2 heterocycles. The summed E-state index contributed by atoms with van der Waals surface area (Å²) in [6.07, 6.45) is 0. The van der Waals surface area contributed by atoms with Gasteiger partial charge in [-0.25, -0.2) is 4.98 Å². The number of amides is 1. The topological polar surface area (TPSA) is 92.7 Å². The number of benzene rings is 1. The Balaban J connectivity index is 1.99. The number of rotatable bonds is 3. The fraction of sp³-hybridized carbons (Fsp3) is 0.125. The highest BCUT2D eigenvalue weighted by molar-refractivity contribution is 9.10. The molecule has 122 valence electrons. The van der Waals surface area contributed by atoms with Crippen LogP contribution in [0.5, 0.6) is 0 Å². The average Bonchev–Trinajstić information content (AvgIpc) is 2.87. The molecule has 24 heavy (non-hydrogen) atoms. The highest BCUT2D eigenvalue weighted by Gasteiger charge is 2.15. The van der Waals surface area contributed by atoms with E-state index in [2.05, 4.69) is 36.3 Å². The van der Waals surface area contributed by atoms with Crippen molar-refractivity contribution < 1.29 is 4.79 Å². The van der Waals surface area contributed by atoms with Gasteiger partial charge in [-0.3, -0.25) is 14.6 Å². The van der Waals surface area contributed by atoms with Crippen LogP contribution in [0, 0.1) is 13.8 Å². The molecule has 0 aliphatic rings. The van der Waals surface area contributed by atoms with Gasteiger partial charge in [-0.1, -0.05) is 12.1 Å². The maximum Gasteiger partial charge on any atom is 0.257 e. The van der Waals surface area contributed by atoms with Gasteiger partial charge in [-0.15, -0.1) is 0 Å². The molecule has 0 aliphatic heterocycles. The molecule has 1 amide bonds. The van der Waals surface area contributed by atoms with Crippen LogP contribution < -0.4 is 10.9 Å². The molecular formula is C16H14BrN5O2. The number of aryl methyl sites for hydroxylation is 2. The van der Waals surface area contributed by atoms with Crippen LogP contribution in [0.2, 0.25) is 0 Å². The fourth-order valence-corrected chi connectivity index (χ4v) is 2.71. The first-order chi connectivity index (χ1) is 11.4. The number of hydrogen-bond donors (Lipinski definition) is 2. The Morgan fingerprint density at radius 3 is 2.67 bits per heavy atom. The van der Waals surface area contributed by atoms with Crippen LogP contribution in [-0.4, -0.2) is 25.7 Å². The average molecular weight is 388 g/mol. The fourth-order valence-electron chi connectivity index (χ4n) is 2.24. The molecule has 0 aliphatic carbocycles. The van der Waals surface area contributed by atoms with Crippen molar-refractivity contribution in [1.29, 1.82) is 0 Å². The van der Waals surface area contributed by atoms with Gasteiger partial charge in [0.2, 0.25) is 5.95 Å². The molecule has 2 aromatic heterocycles. The predicted octanol–water partition coefficient (Wildman–Crippen LogP) is 2.59. The van der Waals surface area contributed by atoms with E-state index < -0.39 is 0 Å². The standard InChI is InChI=1S/C16H14BrN5O2/c1-9-8-14(23)20-16(18-9)22-13(7-10(2)21-22)19-15(24)11-5-3-4-6-12(11)17/h3-8H,1-2H3,(H,19,24)(H,18,20,23). The summed E-state index contributed by atoms with van der Waals surface area (Å²) < 4.78 is 2.09. The quantitative estimate of drug-likeness (QED) is 0.722. The van der Waals surface area contributed by atoms with Crippen LogP contribution >= 0.6 is 15.9 Å². The number of anilines is 1. The lowest BCUT2D eigenvalue weighted by Crippen LogP contribution is -2.19. The molecule has 0 radical (unpaired) electrons. The van der Waals surface area contributed by atoms with Crippen LogP contribution in [0.15, 0.2) is 45.7 Å². The van der Waals surface area contributed by atoms with E-state index in [-0.39, 0.29) is 17.4 Å². The molecular weight excluding hydrogens is 374 g/mol. The number of nitrogens with one attached hydrogen (secondary N) is 2. The summed E-state index contributed by atoms with van der Waals surface area (Å²) in [5, 5.41) is 7.09. The summed E-state index contributed by atoms with van der Waals surface area (Å²) in [6.45, 7) is 3.51. The Hall–Kier alpha value is -2.74. The van der Waals surface area contributed by atoms with E-state index >= 15 is 0 Å². The zero-order valence-corrected chi connectivity index (χ0v) is 14.6. The summed E-state index contributed by atoms with van der Waals surface area (Å²) in [5.41, 5.74) is 1.45. The van der Waals surface area contributed by atoms with Crippen molar-refractivity contribution in [3.05, 3.63) is 68.2 Å². The minimum absolute atomic E-state index is 0.246. The Bertz CT molecular complexity index is 977. The molecule has 3 rings (SSSR count). The van der Waals surface area contributed by atoms with Crippen molar-refractivity contribution in [3.63, 3.8) is 0 Å². The van der Waals surface area contributed by atoms with Crippen LogP contribution in [0.3, 0.4) is 0 Å². The van der Waals surface area contributed by atoms with Gasteiger partial charge in [0.25, 0.3) is 11.5 Å². The van der Waals surface area contributed by atoms with E-state index in [1.165, 1.54) is 10.7 Å². The molecule has 1 aromatic carbocycles. The maximum atomic E-state index is 12.5. The minimum atomic E-state index is -0.293. The number of hydrogen-bond acceptors (Lipinski definition) is 4. The molecule has 0 bridgehead atoms. The molecule has 2 N–H and O–H groups in total. The summed E-state index contributed by atoms with van der Waals surface area (Å²) >= 11 is 3.35. The Morgan fingerprint density at radius 1 is 1.21 bits per heavy atom. The van der Waals surface area contributed by atoms with Gasteiger partial charge in [0, 0.05) is 22.3 Å². The van der Waals surface area contributed by atoms with Gasteiger partial charge in [0.05, 0.1) is 11.3 Å². The Labute approximate surface area is 145 Å². The molecule has 3 aromatic rings. The molecule has 7 nitrogen and oxygen atoms in total. The van der Waals surface area contributed by atoms with Crippen molar-refractivity contribution in [1.82, 2.24) is 19.7 Å². The first-order valence-electron chi connectivity index (χ1n) is 7.15. The van der Waals surface area contributed by atoms with Crippen molar-refractivity contribution in [2.75, 3.05) is 5.32 Å². The van der Waals surface area contributed by atoms with E-state index in [1.807, 2.05) is 6.07 Å². The molecule has 0 saturated carbocycles. The Kier molecular flexibility index (Phi) is 4.30. The van der Waals surface area contributed by atoms with Crippen molar-refractivity contribution in [3.8, 4) is 5.95 Å². The number of halogens is 1. The van der Waals surface area contributed by atoms with Gasteiger partial charge >= 0.3 is 0 Å². The highest BCUT2D eigenvalue weighted by atomic mass is 79.9. The smallest absolute Gasteiger partial charge is 0.257 e. The number of nitrogens with zero attached hydrogens (tertiary/aromatic N) is 3. The van der Waals surface area contributed by atoms with Gasteiger partial charge < -0.3 is 5.32 Å². The molecule has 0 saturated heterocycles. The van der Waals surface area contributed by atoms with E-state index in [1.54, 1.807) is 38.1 Å². The third kappa shape index (κ3) is 3.28. The largest absolute Gasteiger partial charge is 0.306 e. The van der Waals surface area contributed by atoms with Crippen molar-refractivity contribution in [2.45, 2.75) is 13.8 Å².